The fourth-order valence-electron chi connectivity index (χ4n) is 2.57. The normalized spacial score (nSPS) is 12.7. The van der Waals surface area contributed by atoms with Crippen LogP contribution in [0.15, 0.2) is 12.2 Å². The summed E-state index contributed by atoms with van der Waals surface area (Å²) in [7, 11) is 0. The number of alkyl halides is 1. The smallest absolute Gasteiger partial charge is 0.319 e. The molecule has 0 bridgehead atoms. The van der Waals surface area contributed by atoms with E-state index in [1.807, 2.05) is 6.92 Å². The highest BCUT2D eigenvalue weighted by atomic mass is 79.9. The molecule has 0 rings (SSSR count). The lowest BCUT2D eigenvalue weighted by atomic mass is 10.1. The molecule has 0 heterocycles. The Hall–Kier alpha value is -0.310. The maximum Gasteiger partial charge on any atom is 0.319 e. The molecule has 0 saturated heterocycles. The number of halogens is 1. The van der Waals surface area contributed by atoms with E-state index in [0.29, 0.717) is 6.61 Å². The number of hydrogen-bond donors (Lipinski definition) is 0. The first-order valence-electron chi connectivity index (χ1n) is 9.68. The van der Waals surface area contributed by atoms with Gasteiger partial charge in [0.1, 0.15) is 4.83 Å². The molecule has 0 aliphatic carbocycles. The molecule has 0 aliphatic heterocycles. The van der Waals surface area contributed by atoms with Crippen molar-refractivity contribution in [3.63, 3.8) is 0 Å². The lowest BCUT2D eigenvalue weighted by Crippen LogP contribution is -2.17. The average molecular weight is 389 g/mol. The predicted octanol–water partition coefficient (Wildman–Crippen LogP) is 6.96. The Bertz CT molecular complexity index is 289. The number of rotatable bonds is 16. The van der Waals surface area contributed by atoms with Crippen LogP contribution in [-0.4, -0.2) is 17.4 Å². The van der Waals surface area contributed by atoms with Crippen LogP contribution in [0.25, 0.3) is 0 Å². The van der Waals surface area contributed by atoms with E-state index in [2.05, 4.69) is 35.0 Å². The van der Waals surface area contributed by atoms with Crippen molar-refractivity contribution in [1.29, 1.82) is 0 Å². The average Bonchev–Trinajstić information content (AvgIpc) is 2.55. The molecule has 0 aliphatic rings. The van der Waals surface area contributed by atoms with E-state index in [-0.39, 0.29) is 10.8 Å². The standard InChI is InChI=1S/C20H37BrO2/c1-3-5-6-7-8-9-10-11-12-13-14-15-16-17-18-19(21)20(22)23-4-2/h11-12,19H,3-10,13-18H2,1-2H3/b12-11-. The quantitative estimate of drug-likeness (QED) is 0.123. The number of unbranched alkanes of at least 4 members (excludes halogenated alkanes) is 10. The minimum atomic E-state index is -0.125. The molecule has 0 N–H and O–H groups in total. The van der Waals surface area contributed by atoms with Gasteiger partial charge in [0.05, 0.1) is 6.61 Å². The SMILES string of the molecule is CCCCCCCC/C=C\CCCCCCC(Br)C(=O)OCC. The van der Waals surface area contributed by atoms with Crippen LogP contribution >= 0.6 is 15.9 Å². The van der Waals surface area contributed by atoms with Gasteiger partial charge in [-0.25, -0.2) is 0 Å². The van der Waals surface area contributed by atoms with E-state index in [9.17, 15) is 4.79 Å². The first-order valence-corrected chi connectivity index (χ1v) is 10.6. The summed E-state index contributed by atoms with van der Waals surface area (Å²) in [5, 5.41) is 0. The number of hydrogen-bond acceptors (Lipinski definition) is 2. The van der Waals surface area contributed by atoms with E-state index in [4.69, 9.17) is 4.74 Å². The van der Waals surface area contributed by atoms with Crippen molar-refractivity contribution in [2.45, 2.75) is 102 Å². The first-order chi connectivity index (χ1) is 11.2. The topological polar surface area (TPSA) is 26.3 Å². The number of allylic oxidation sites excluding steroid dienone is 2. The molecule has 0 amide bonds. The summed E-state index contributed by atoms with van der Waals surface area (Å²) < 4.78 is 4.98. The number of carbonyl (C=O) groups is 1. The Kier molecular flexibility index (Phi) is 17.8. The lowest BCUT2D eigenvalue weighted by molar-refractivity contribution is -0.142. The van der Waals surface area contributed by atoms with E-state index >= 15 is 0 Å². The molecule has 0 aromatic carbocycles. The Morgan fingerprint density at radius 3 is 1.96 bits per heavy atom. The van der Waals surface area contributed by atoms with Crippen molar-refractivity contribution in [3.8, 4) is 0 Å². The van der Waals surface area contributed by atoms with Crippen LogP contribution in [0.5, 0.6) is 0 Å². The van der Waals surface area contributed by atoms with Crippen molar-refractivity contribution >= 4 is 21.9 Å². The molecule has 0 aromatic rings. The van der Waals surface area contributed by atoms with Crippen LogP contribution < -0.4 is 0 Å². The van der Waals surface area contributed by atoms with Gasteiger partial charge in [-0.1, -0.05) is 86.4 Å². The van der Waals surface area contributed by atoms with Gasteiger partial charge in [-0.15, -0.1) is 0 Å². The minimum absolute atomic E-state index is 0.120. The highest BCUT2D eigenvalue weighted by Crippen LogP contribution is 2.14. The number of carbonyl (C=O) groups excluding carboxylic acids is 1. The van der Waals surface area contributed by atoms with Crippen molar-refractivity contribution in [1.82, 2.24) is 0 Å². The van der Waals surface area contributed by atoms with Crippen LogP contribution in [0.3, 0.4) is 0 Å². The van der Waals surface area contributed by atoms with Gasteiger partial charge in [-0.05, 0) is 39.0 Å². The molecule has 1 atom stereocenters. The molecule has 1 unspecified atom stereocenters. The van der Waals surface area contributed by atoms with Crippen molar-refractivity contribution in [2.75, 3.05) is 6.61 Å². The Labute approximate surface area is 152 Å². The van der Waals surface area contributed by atoms with Gasteiger partial charge in [0.15, 0.2) is 0 Å². The van der Waals surface area contributed by atoms with Crippen LogP contribution in [0.4, 0.5) is 0 Å². The molecule has 23 heavy (non-hydrogen) atoms. The third kappa shape index (κ3) is 16.3. The van der Waals surface area contributed by atoms with Crippen LogP contribution in [0.2, 0.25) is 0 Å². The second kappa shape index (κ2) is 18.0. The van der Waals surface area contributed by atoms with E-state index < -0.39 is 0 Å². The summed E-state index contributed by atoms with van der Waals surface area (Å²) in [6.07, 6.45) is 21.1. The fraction of sp³-hybridized carbons (Fsp3) is 0.850. The van der Waals surface area contributed by atoms with E-state index in [0.717, 1.165) is 12.8 Å². The third-order valence-corrected chi connectivity index (χ3v) is 4.84. The summed E-state index contributed by atoms with van der Waals surface area (Å²) in [5.41, 5.74) is 0. The van der Waals surface area contributed by atoms with E-state index in [1.54, 1.807) is 0 Å². The lowest BCUT2D eigenvalue weighted by Gasteiger charge is -2.08. The summed E-state index contributed by atoms with van der Waals surface area (Å²) in [5.74, 6) is -0.120. The highest BCUT2D eigenvalue weighted by molar-refractivity contribution is 9.10. The number of esters is 1. The van der Waals surface area contributed by atoms with Crippen molar-refractivity contribution in [2.24, 2.45) is 0 Å². The molecule has 0 radical (unpaired) electrons. The Balaban J connectivity index is 3.26. The van der Waals surface area contributed by atoms with Gasteiger partial charge in [-0.3, -0.25) is 4.79 Å². The summed E-state index contributed by atoms with van der Waals surface area (Å²) in [6.45, 7) is 4.57. The van der Waals surface area contributed by atoms with Crippen LogP contribution in [-0.2, 0) is 9.53 Å². The summed E-state index contributed by atoms with van der Waals surface area (Å²) in [6, 6.07) is 0. The Morgan fingerprint density at radius 1 is 0.870 bits per heavy atom. The molecule has 0 fully saturated rings. The van der Waals surface area contributed by atoms with Gasteiger partial charge in [-0.2, -0.15) is 0 Å². The zero-order valence-electron chi connectivity index (χ0n) is 15.3. The number of ether oxygens (including phenoxy) is 1. The van der Waals surface area contributed by atoms with Gasteiger partial charge in [0.25, 0.3) is 0 Å². The zero-order valence-corrected chi connectivity index (χ0v) is 16.9. The summed E-state index contributed by atoms with van der Waals surface area (Å²) in [4.78, 5) is 11.3. The first kappa shape index (κ1) is 22.7. The molecular formula is C20H37BrO2. The second-order valence-electron chi connectivity index (χ2n) is 6.24. The molecule has 3 heteroatoms. The van der Waals surface area contributed by atoms with Crippen molar-refractivity contribution < 1.29 is 9.53 Å². The van der Waals surface area contributed by atoms with E-state index in [1.165, 1.54) is 70.6 Å². The third-order valence-electron chi connectivity index (χ3n) is 4.01. The molecule has 0 saturated carbocycles. The van der Waals surface area contributed by atoms with Crippen molar-refractivity contribution in [3.05, 3.63) is 12.2 Å². The monoisotopic (exact) mass is 388 g/mol. The van der Waals surface area contributed by atoms with Gasteiger partial charge < -0.3 is 4.74 Å². The van der Waals surface area contributed by atoms with Gasteiger partial charge in [0.2, 0.25) is 0 Å². The largest absolute Gasteiger partial charge is 0.465 e. The summed E-state index contributed by atoms with van der Waals surface area (Å²) >= 11 is 3.40. The molecular weight excluding hydrogens is 352 g/mol. The van der Waals surface area contributed by atoms with Crippen LogP contribution in [0.1, 0.15) is 97.3 Å². The minimum Gasteiger partial charge on any atom is -0.465 e. The molecule has 2 nitrogen and oxygen atoms in total. The van der Waals surface area contributed by atoms with Gasteiger partial charge >= 0.3 is 5.97 Å². The Morgan fingerprint density at radius 2 is 1.39 bits per heavy atom. The highest BCUT2D eigenvalue weighted by Gasteiger charge is 2.14. The fourth-order valence-corrected chi connectivity index (χ4v) is 3.02. The molecule has 0 aromatic heterocycles. The maximum absolute atomic E-state index is 11.4. The van der Waals surface area contributed by atoms with Crippen LogP contribution in [0, 0.1) is 0 Å². The maximum atomic E-state index is 11.4. The molecule has 136 valence electrons. The second-order valence-corrected chi connectivity index (χ2v) is 7.34. The molecule has 0 spiro atoms. The van der Waals surface area contributed by atoms with Gasteiger partial charge in [0, 0.05) is 0 Å². The zero-order chi connectivity index (χ0) is 17.2. The predicted molar refractivity (Wildman–Crippen MR) is 104 cm³/mol.